The molecule has 0 spiro atoms. The number of hydrogen-bond donors (Lipinski definition) is 0. The molecule has 0 fully saturated rings. The molecule has 172 valence electrons. The predicted octanol–water partition coefficient (Wildman–Crippen LogP) is 2.42. The van der Waals surface area contributed by atoms with Crippen LogP contribution < -0.4 is 10.2 Å². The zero-order valence-electron chi connectivity index (χ0n) is 17.6. The van der Waals surface area contributed by atoms with Crippen LogP contribution in [0.2, 0.25) is 0 Å². The summed E-state index contributed by atoms with van der Waals surface area (Å²) in [5.74, 6) is -3.42. The average Bonchev–Trinajstić information content (AvgIpc) is 2.48. The number of hydrogen-bond acceptors (Lipinski definition) is 4. The van der Waals surface area contributed by atoms with Crippen LogP contribution in [0.5, 0.6) is 0 Å². The van der Waals surface area contributed by atoms with E-state index in [2.05, 4.69) is 55.9 Å². The van der Waals surface area contributed by atoms with Gasteiger partial charge in [0.25, 0.3) is 0 Å². The van der Waals surface area contributed by atoms with Crippen LogP contribution in [0.25, 0.3) is 0 Å². The van der Waals surface area contributed by atoms with Crippen LogP contribution >= 0.6 is 69.6 Å². The molecule has 0 saturated heterocycles. The Hall–Kier alpha value is 0.600. The summed E-state index contributed by atoms with van der Waals surface area (Å²) in [5.41, 5.74) is 0. The van der Waals surface area contributed by atoms with Crippen molar-refractivity contribution in [2.45, 2.75) is 35.3 Å². The van der Waals surface area contributed by atoms with Crippen molar-refractivity contribution in [3.63, 3.8) is 0 Å². The summed E-state index contributed by atoms with van der Waals surface area (Å²) in [7, 11) is 8.50. The minimum absolute atomic E-state index is 1.00. The molecule has 0 aliphatic carbocycles. The zero-order chi connectivity index (χ0) is 24.0. The third-order valence-electron chi connectivity index (χ3n) is 3.15. The van der Waals surface area contributed by atoms with Gasteiger partial charge in [-0.05, 0) is 27.7 Å². The van der Waals surface area contributed by atoms with Gasteiger partial charge in [0.15, 0.2) is 0 Å². The van der Waals surface area contributed by atoms with Crippen molar-refractivity contribution >= 4 is 81.5 Å². The molecule has 0 aromatic heterocycles. The van der Waals surface area contributed by atoms with Crippen LogP contribution in [0.1, 0.15) is 27.7 Å². The van der Waals surface area contributed by atoms with Crippen molar-refractivity contribution in [1.29, 1.82) is 0 Å². The first kappa shape index (κ1) is 36.0. The summed E-state index contributed by atoms with van der Waals surface area (Å²) in [4.78, 5) is 19.0. The molecule has 0 bridgehead atoms. The molecule has 0 radical (unpaired) electrons. The highest BCUT2D eigenvalue weighted by molar-refractivity contribution is 6.75. The largest absolute Gasteiger partial charge is 0.545 e. The number of aliphatic carboxylic acids is 2. The van der Waals surface area contributed by atoms with Gasteiger partial charge in [-0.25, -0.2) is 0 Å². The first-order valence-corrected chi connectivity index (χ1v) is 10.6. The van der Waals surface area contributed by atoms with Crippen molar-refractivity contribution in [3.8, 4) is 0 Å². The van der Waals surface area contributed by atoms with Crippen LogP contribution in [0.4, 0.5) is 0 Å². The Kier molecular flexibility index (Phi) is 21.0. The molecule has 0 amide bonds. The van der Waals surface area contributed by atoms with Crippen molar-refractivity contribution in [2.24, 2.45) is 0 Å². The van der Waals surface area contributed by atoms with Crippen LogP contribution in [0.3, 0.4) is 0 Å². The van der Waals surface area contributed by atoms with Gasteiger partial charge in [-0.3, -0.25) is 0 Å². The maximum absolute atomic E-state index is 9.51. The van der Waals surface area contributed by atoms with Crippen molar-refractivity contribution in [3.05, 3.63) is 0 Å². The van der Waals surface area contributed by atoms with Gasteiger partial charge in [0.2, 0.25) is 7.59 Å². The van der Waals surface area contributed by atoms with Gasteiger partial charge < -0.3 is 28.8 Å². The van der Waals surface area contributed by atoms with E-state index < -0.39 is 19.5 Å². The molecule has 0 unspecified atom stereocenters. The second kappa shape index (κ2) is 16.3. The molecule has 0 aliphatic rings. The van der Waals surface area contributed by atoms with Crippen molar-refractivity contribution in [2.75, 3.05) is 54.4 Å². The molecular weight excluding hydrogens is 497 g/mol. The maximum atomic E-state index is 9.51. The van der Waals surface area contributed by atoms with Gasteiger partial charge in [-0.1, -0.05) is 69.6 Å². The second-order valence-corrected chi connectivity index (χ2v) is 11.4. The van der Waals surface area contributed by atoms with E-state index in [4.69, 9.17) is 69.6 Å². The third kappa shape index (κ3) is 28.8. The van der Waals surface area contributed by atoms with E-state index in [1.165, 1.54) is 30.7 Å². The van der Waals surface area contributed by atoms with Gasteiger partial charge in [0.1, 0.15) is 0 Å². The monoisotopic (exact) mass is 526 g/mol. The smallest absolute Gasteiger partial charge is 0.230 e. The maximum Gasteiger partial charge on any atom is 0.230 e. The number of carboxylic acid groups (broad SMARTS) is 2. The fraction of sp³-hybridized carbons (Fsp3) is 0.875. The molecule has 12 heteroatoms. The highest BCUT2D eigenvalue weighted by Gasteiger charge is 2.20. The lowest BCUT2D eigenvalue weighted by atomic mass is 10.3. The normalized spacial score (nSPS) is 11.6. The van der Waals surface area contributed by atoms with Gasteiger partial charge >= 0.3 is 0 Å². The van der Waals surface area contributed by atoms with E-state index >= 15 is 0 Å². The molecule has 0 heterocycles. The summed E-state index contributed by atoms with van der Waals surface area (Å²) in [6.45, 7) is 14.2. The summed E-state index contributed by atoms with van der Waals surface area (Å²) in [6.07, 6.45) is 0. The summed E-state index contributed by atoms with van der Waals surface area (Å²) in [5, 5.41) is 19.0. The molecule has 0 saturated carbocycles. The molecular formula is C16H32Cl6N2O4. The van der Waals surface area contributed by atoms with E-state index in [9.17, 15) is 19.8 Å². The molecule has 0 atom stereocenters. The number of quaternary nitrogens is 2. The van der Waals surface area contributed by atoms with E-state index in [0.717, 1.165) is 4.48 Å². The Bertz CT molecular complexity index is 381. The standard InChI is InChI=1S/C8H20N.C4H12N.2C2HCl3O2/c1-5-9(6-2,7-3)8-4;1-5(2,3)4;2*3-2(4,5)1(6)7/h5-8H2,1-4H3;1-4H3;2*(H,6,7)/q2*+1;;/p-2. The minimum Gasteiger partial charge on any atom is -0.545 e. The highest BCUT2D eigenvalue weighted by Crippen LogP contribution is 2.24. The number of carbonyl (C=O) groups excluding carboxylic acids is 2. The van der Waals surface area contributed by atoms with Crippen LogP contribution in [-0.4, -0.2) is 82.9 Å². The Morgan fingerprint density at radius 2 is 0.750 bits per heavy atom. The Labute approximate surface area is 199 Å². The van der Waals surface area contributed by atoms with E-state index in [0.29, 0.717) is 0 Å². The number of halogens is 6. The number of nitrogens with zero attached hydrogens (tertiary/aromatic N) is 2. The SMILES string of the molecule is CC[N+](CC)(CC)CC.C[N+](C)(C)C.O=C([O-])C(Cl)(Cl)Cl.O=C([O-])C(Cl)(Cl)Cl. The highest BCUT2D eigenvalue weighted by atomic mass is 35.6. The molecule has 0 rings (SSSR count). The molecule has 6 nitrogen and oxygen atoms in total. The zero-order valence-corrected chi connectivity index (χ0v) is 22.2. The summed E-state index contributed by atoms with van der Waals surface area (Å²) >= 11 is 28.4. The van der Waals surface area contributed by atoms with E-state index in [1.807, 2.05) is 0 Å². The van der Waals surface area contributed by atoms with Crippen LogP contribution in [0.15, 0.2) is 0 Å². The third-order valence-corrected chi connectivity index (χ3v) is 4.07. The lowest BCUT2D eigenvalue weighted by Crippen LogP contribution is -2.47. The predicted molar refractivity (Wildman–Crippen MR) is 117 cm³/mol. The lowest BCUT2D eigenvalue weighted by Gasteiger charge is -2.34. The average molecular weight is 529 g/mol. The molecule has 0 aromatic carbocycles. The Balaban J connectivity index is -0.000000140. The quantitative estimate of drug-likeness (QED) is 0.414. The topological polar surface area (TPSA) is 80.3 Å². The fourth-order valence-corrected chi connectivity index (χ4v) is 1.34. The van der Waals surface area contributed by atoms with Crippen molar-refractivity contribution < 1.29 is 28.8 Å². The summed E-state index contributed by atoms with van der Waals surface area (Å²) in [6, 6.07) is 0. The number of rotatable bonds is 4. The van der Waals surface area contributed by atoms with E-state index in [1.54, 1.807) is 0 Å². The lowest BCUT2D eigenvalue weighted by molar-refractivity contribution is -0.921. The molecule has 0 aromatic rings. The van der Waals surface area contributed by atoms with Gasteiger partial charge in [-0.15, -0.1) is 0 Å². The Morgan fingerprint density at radius 1 is 0.643 bits per heavy atom. The minimum atomic E-state index is -2.28. The van der Waals surface area contributed by atoms with Gasteiger partial charge in [0.05, 0.1) is 66.3 Å². The van der Waals surface area contributed by atoms with Gasteiger partial charge in [-0.2, -0.15) is 0 Å². The van der Waals surface area contributed by atoms with Crippen LogP contribution in [-0.2, 0) is 9.59 Å². The Morgan fingerprint density at radius 3 is 0.750 bits per heavy atom. The second-order valence-electron chi connectivity index (χ2n) is 6.86. The van der Waals surface area contributed by atoms with Crippen molar-refractivity contribution in [1.82, 2.24) is 0 Å². The van der Waals surface area contributed by atoms with Gasteiger partial charge in [0, 0.05) is 0 Å². The fourth-order valence-electron chi connectivity index (χ4n) is 1.34. The number of carboxylic acids is 2. The first-order chi connectivity index (χ1) is 12.1. The first-order valence-electron chi connectivity index (χ1n) is 8.33. The van der Waals surface area contributed by atoms with Crippen LogP contribution in [0, 0.1) is 0 Å². The molecule has 28 heavy (non-hydrogen) atoms. The number of carbonyl (C=O) groups is 2. The van der Waals surface area contributed by atoms with E-state index in [-0.39, 0.29) is 0 Å². The summed E-state index contributed by atoms with van der Waals surface area (Å²) < 4.78 is -2.28. The molecule has 0 aliphatic heterocycles. The number of alkyl halides is 6. The molecule has 0 N–H and O–H groups in total.